The van der Waals surface area contributed by atoms with Gasteiger partial charge >= 0.3 is 0 Å². The fourth-order valence-electron chi connectivity index (χ4n) is 1.80. The molecule has 2 aromatic carbocycles. The molecule has 0 saturated heterocycles. The Hall–Kier alpha value is -0.490. The van der Waals surface area contributed by atoms with Gasteiger partial charge in [0.1, 0.15) is 0 Å². The lowest BCUT2D eigenvalue weighted by atomic mass is 10.0. The highest BCUT2D eigenvalue weighted by Gasteiger charge is 2.18. The van der Waals surface area contributed by atoms with E-state index in [1.54, 1.807) is 18.2 Å². The normalized spacial score (nSPS) is 12.5. The summed E-state index contributed by atoms with van der Waals surface area (Å²) in [6.45, 7) is 0. The van der Waals surface area contributed by atoms with Crippen LogP contribution in [0.3, 0.4) is 0 Å². The Kier molecular flexibility index (Phi) is 5.18. The number of hydrogen-bond acceptors (Lipinski definition) is 1. The van der Waals surface area contributed by atoms with Crippen molar-refractivity contribution < 1.29 is 13.9 Å². The molecule has 1 unspecified atom stereocenters. The molecule has 20 heavy (non-hydrogen) atoms. The van der Waals surface area contributed by atoms with Gasteiger partial charge in [0.25, 0.3) is 0 Å². The van der Waals surface area contributed by atoms with Gasteiger partial charge < -0.3 is 5.11 Å². The molecule has 2 rings (SSSR count). The summed E-state index contributed by atoms with van der Waals surface area (Å²) in [6, 6.07) is 7.61. The van der Waals surface area contributed by atoms with Crippen LogP contribution in [0.2, 0.25) is 5.02 Å². The van der Waals surface area contributed by atoms with Gasteiger partial charge in [-0.25, -0.2) is 8.78 Å². The van der Waals surface area contributed by atoms with E-state index < -0.39 is 17.7 Å². The molecule has 6 heteroatoms. The Morgan fingerprint density at radius 1 is 1.15 bits per heavy atom. The van der Waals surface area contributed by atoms with Crippen molar-refractivity contribution >= 4 is 43.5 Å². The molecule has 0 saturated carbocycles. The van der Waals surface area contributed by atoms with Crippen molar-refractivity contribution in [2.75, 3.05) is 0 Å². The van der Waals surface area contributed by atoms with Crippen LogP contribution in [-0.2, 0) is 6.42 Å². The van der Waals surface area contributed by atoms with Crippen molar-refractivity contribution in [2.45, 2.75) is 12.5 Å². The van der Waals surface area contributed by atoms with Crippen molar-refractivity contribution in [3.05, 3.63) is 67.1 Å². The Bertz CT molecular complexity index is 649. The van der Waals surface area contributed by atoms with Crippen LogP contribution in [0.25, 0.3) is 0 Å². The lowest BCUT2D eigenvalue weighted by Crippen LogP contribution is -2.05. The summed E-state index contributed by atoms with van der Waals surface area (Å²) in [5.41, 5.74) is 1.00. The van der Waals surface area contributed by atoms with Crippen LogP contribution in [-0.4, -0.2) is 5.11 Å². The van der Waals surface area contributed by atoms with Crippen LogP contribution in [0.15, 0.2) is 39.3 Å². The first-order valence-corrected chi connectivity index (χ1v) is 7.62. The van der Waals surface area contributed by atoms with Gasteiger partial charge in [-0.2, -0.15) is 0 Å². The second kappa shape index (κ2) is 6.52. The Morgan fingerprint density at radius 3 is 2.50 bits per heavy atom. The maximum Gasteiger partial charge on any atom is 0.173 e. The smallest absolute Gasteiger partial charge is 0.173 e. The van der Waals surface area contributed by atoms with Gasteiger partial charge in [0.15, 0.2) is 11.6 Å². The predicted octanol–water partition coefficient (Wildman–Crippen LogP) is 5.42. The second-order valence-corrected chi connectivity index (χ2v) is 6.34. The first-order valence-electron chi connectivity index (χ1n) is 5.65. The third-order valence-electron chi connectivity index (χ3n) is 2.85. The van der Waals surface area contributed by atoms with E-state index in [0.29, 0.717) is 5.02 Å². The highest BCUT2D eigenvalue weighted by atomic mass is 79.9. The van der Waals surface area contributed by atoms with E-state index >= 15 is 0 Å². The van der Waals surface area contributed by atoms with Gasteiger partial charge in [-0.05, 0) is 45.3 Å². The third-order valence-corrected chi connectivity index (χ3v) is 4.50. The van der Waals surface area contributed by atoms with Crippen LogP contribution in [0, 0.1) is 11.6 Å². The topological polar surface area (TPSA) is 20.2 Å². The van der Waals surface area contributed by atoms with Gasteiger partial charge in [-0.3, -0.25) is 0 Å². The van der Waals surface area contributed by atoms with Crippen LogP contribution >= 0.6 is 43.5 Å². The zero-order valence-corrected chi connectivity index (χ0v) is 13.9. The fraction of sp³-hybridized carbons (Fsp3) is 0.143. The zero-order valence-electron chi connectivity index (χ0n) is 10.0. The molecule has 2 aromatic rings. The van der Waals surface area contributed by atoms with E-state index in [1.807, 2.05) is 0 Å². The van der Waals surface area contributed by atoms with Crippen LogP contribution in [0.4, 0.5) is 8.78 Å². The van der Waals surface area contributed by atoms with E-state index in [0.717, 1.165) is 16.1 Å². The van der Waals surface area contributed by atoms with E-state index in [9.17, 15) is 13.9 Å². The predicted molar refractivity (Wildman–Crippen MR) is 81.9 cm³/mol. The number of aliphatic hydroxyl groups excluding tert-OH is 1. The van der Waals surface area contributed by atoms with E-state index in [-0.39, 0.29) is 16.5 Å². The minimum atomic E-state index is -1.01. The lowest BCUT2D eigenvalue weighted by Gasteiger charge is -2.14. The number of rotatable bonds is 3. The van der Waals surface area contributed by atoms with E-state index in [1.165, 1.54) is 6.07 Å². The molecular formula is C14H9Br2ClF2O. The highest BCUT2D eigenvalue weighted by Crippen LogP contribution is 2.31. The quantitative estimate of drug-likeness (QED) is 0.650. The first kappa shape index (κ1) is 15.9. The van der Waals surface area contributed by atoms with E-state index in [2.05, 4.69) is 31.9 Å². The Morgan fingerprint density at radius 2 is 1.85 bits per heavy atom. The monoisotopic (exact) mass is 424 g/mol. The van der Waals surface area contributed by atoms with Crippen LogP contribution in [0.1, 0.15) is 17.2 Å². The lowest BCUT2D eigenvalue weighted by molar-refractivity contribution is 0.177. The van der Waals surface area contributed by atoms with Crippen molar-refractivity contribution in [3.63, 3.8) is 0 Å². The molecule has 0 aliphatic carbocycles. The van der Waals surface area contributed by atoms with Crippen LogP contribution < -0.4 is 0 Å². The SMILES string of the molecule is OC(Cc1ccc(Br)cc1Cl)c1ccc(F)c(F)c1Br. The summed E-state index contributed by atoms with van der Waals surface area (Å²) in [7, 11) is 0. The van der Waals surface area contributed by atoms with Crippen molar-refractivity contribution in [1.29, 1.82) is 0 Å². The van der Waals surface area contributed by atoms with Gasteiger partial charge in [-0.1, -0.05) is 39.7 Å². The third kappa shape index (κ3) is 3.39. The molecule has 1 N–H and O–H groups in total. The Labute approximate surface area is 136 Å². The van der Waals surface area contributed by atoms with Crippen molar-refractivity contribution in [2.24, 2.45) is 0 Å². The first-order chi connectivity index (χ1) is 9.40. The number of hydrogen-bond donors (Lipinski definition) is 1. The van der Waals surface area contributed by atoms with E-state index in [4.69, 9.17) is 11.6 Å². The van der Waals surface area contributed by atoms with Gasteiger partial charge in [-0.15, -0.1) is 0 Å². The minimum Gasteiger partial charge on any atom is -0.388 e. The molecule has 1 nitrogen and oxygen atoms in total. The maximum atomic E-state index is 13.5. The molecular weight excluding hydrogens is 417 g/mol. The van der Waals surface area contributed by atoms with Crippen molar-refractivity contribution in [3.8, 4) is 0 Å². The maximum absolute atomic E-state index is 13.5. The zero-order chi connectivity index (χ0) is 14.9. The molecule has 106 valence electrons. The number of benzene rings is 2. The molecule has 0 fully saturated rings. The number of aliphatic hydroxyl groups is 1. The van der Waals surface area contributed by atoms with Gasteiger partial charge in [0.2, 0.25) is 0 Å². The summed E-state index contributed by atoms with van der Waals surface area (Å²) < 4.78 is 27.3. The average Bonchev–Trinajstić information content (AvgIpc) is 2.39. The molecule has 0 aliphatic rings. The second-order valence-electron chi connectivity index (χ2n) is 4.22. The highest BCUT2D eigenvalue weighted by molar-refractivity contribution is 9.10. The minimum absolute atomic E-state index is 0.0711. The average molecular weight is 426 g/mol. The van der Waals surface area contributed by atoms with Gasteiger partial charge in [0, 0.05) is 15.9 Å². The molecule has 0 bridgehead atoms. The molecule has 0 aromatic heterocycles. The molecule has 0 radical (unpaired) electrons. The summed E-state index contributed by atoms with van der Waals surface area (Å²) in [5.74, 6) is -1.97. The summed E-state index contributed by atoms with van der Waals surface area (Å²) in [4.78, 5) is 0. The summed E-state index contributed by atoms with van der Waals surface area (Å²) in [6.07, 6.45) is -0.784. The molecule has 0 spiro atoms. The molecule has 0 heterocycles. The van der Waals surface area contributed by atoms with Crippen LogP contribution in [0.5, 0.6) is 0 Å². The van der Waals surface area contributed by atoms with Gasteiger partial charge in [0.05, 0.1) is 10.6 Å². The molecule has 0 aliphatic heterocycles. The molecule has 0 amide bonds. The summed E-state index contributed by atoms with van der Waals surface area (Å²) >= 11 is 12.3. The Balaban J connectivity index is 2.28. The fourth-order valence-corrected chi connectivity index (χ4v) is 3.14. The molecule has 1 atom stereocenters. The largest absolute Gasteiger partial charge is 0.388 e. The summed E-state index contributed by atoms with van der Waals surface area (Å²) in [5, 5.41) is 10.7. The number of halogens is 5. The van der Waals surface area contributed by atoms with Crippen molar-refractivity contribution in [1.82, 2.24) is 0 Å². The standard InChI is InChI=1S/C14H9Br2ClF2O/c15-8-2-1-7(10(17)6-8)5-12(20)9-3-4-11(18)14(19)13(9)16/h1-4,6,12,20H,5H2.